The van der Waals surface area contributed by atoms with Gasteiger partial charge in [-0.15, -0.1) is 0 Å². The van der Waals surface area contributed by atoms with Gasteiger partial charge < -0.3 is 5.21 Å². The van der Waals surface area contributed by atoms with Gasteiger partial charge in [0.2, 0.25) is 0 Å². The van der Waals surface area contributed by atoms with Crippen molar-refractivity contribution in [3.05, 3.63) is 11.6 Å². The van der Waals surface area contributed by atoms with E-state index in [1.807, 2.05) is 6.08 Å². The van der Waals surface area contributed by atoms with E-state index in [-0.39, 0.29) is 5.41 Å². The Morgan fingerprint density at radius 2 is 1.87 bits per heavy atom. The Morgan fingerprint density at radius 1 is 1.10 bits per heavy atom. The second-order valence-corrected chi connectivity index (χ2v) is 12.1. The van der Waals surface area contributed by atoms with Crippen LogP contribution in [-0.2, 0) is 4.79 Å². The number of allylic oxidation sites excluding steroid dienone is 2. The fourth-order valence-corrected chi connectivity index (χ4v) is 8.50. The lowest BCUT2D eigenvalue weighted by Gasteiger charge is -2.58. The minimum Gasteiger partial charge on any atom is -0.411 e. The molecule has 0 spiro atoms. The largest absolute Gasteiger partial charge is 0.411 e. The van der Waals surface area contributed by atoms with Gasteiger partial charge in [0.15, 0.2) is 5.78 Å². The lowest BCUT2D eigenvalue weighted by molar-refractivity contribution is -0.128. The molecule has 30 heavy (non-hydrogen) atoms. The smallest absolute Gasteiger partial charge is 0.159 e. The summed E-state index contributed by atoms with van der Waals surface area (Å²) in [4.78, 5) is 13.3. The Bertz CT molecular complexity index is 737. The maximum Gasteiger partial charge on any atom is 0.159 e. The predicted molar refractivity (Wildman–Crippen MR) is 123 cm³/mol. The Kier molecular flexibility index (Phi) is 5.96. The number of carbonyl (C=O) groups is 1. The van der Waals surface area contributed by atoms with Gasteiger partial charge in [-0.1, -0.05) is 59.0 Å². The zero-order valence-corrected chi connectivity index (χ0v) is 19.9. The molecule has 0 amide bonds. The standard InChI is InChI=1S/C27H43NO2/c1-17(2)7-6-8-18(3)21-9-10-22-20-16-25(29)24-15-19(28-30)11-13-27(24,5)23(20)12-14-26(21,22)4/h15,17-18,20-23,30H,6-14,16H2,1-5H3/b28-19-/t18-,20+,21-,22+,23+,26-,27-/m1/s1. The first-order valence-electron chi connectivity index (χ1n) is 12.7. The van der Waals surface area contributed by atoms with E-state index in [0.717, 1.165) is 42.6 Å². The Balaban J connectivity index is 1.54. The minimum atomic E-state index is -0.0174. The van der Waals surface area contributed by atoms with E-state index >= 15 is 0 Å². The van der Waals surface area contributed by atoms with Crippen LogP contribution in [0.1, 0.15) is 98.8 Å². The summed E-state index contributed by atoms with van der Waals surface area (Å²) < 4.78 is 0. The first kappa shape index (κ1) is 22.1. The van der Waals surface area contributed by atoms with Crippen molar-refractivity contribution in [2.75, 3.05) is 0 Å². The molecule has 3 nitrogen and oxygen atoms in total. The summed E-state index contributed by atoms with van der Waals surface area (Å²) in [7, 11) is 0. The zero-order chi connectivity index (χ0) is 21.7. The molecule has 0 saturated heterocycles. The molecule has 7 atom stereocenters. The molecule has 4 rings (SSSR count). The molecule has 0 bridgehead atoms. The molecule has 0 heterocycles. The van der Waals surface area contributed by atoms with Crippen molar-refractivity contribution in [2.45, 2.75) is 98.8 Å². The first-order chi connectivity index (χ1) is 14.2. The molecule has 3 heteroatoms. The molecule has 4 aliphatic carbocycles. The molecule has 0 aromatic rings. The fraction of sp³-hybridized carbons (Fsp3) is 0.852. The van der Waals surface area contributed by atoms with Crippen LogP contribution < -0.4 is 0 Å². The summed E-state index contributed by atoms with van der Waals surface area (Å²) in [5.41, 5.74) is 2.05. The summed E-state index contributed by atoms with van der Waals surface area (Å²) in [6.07, 6.45) is 13.8. The predicted octanol–water partition coefficient (Wildman–Crippen LogP) is 7.04. The second-order valence-electron chi connectivity index (χ2n) is 12.1. The average Bonchev–Trinajstić information content (AvgIpc) is 3.05. The highest BCUT2D eigenvalue weighted by Gasteiger charge is 2.60. The van der Waals surface area contributed by atoms with Gasteiger partial charge in [-0.2, -0.15) is 0 Å². The normalized spacial score (nSPS) is 43.2. The molecular formula is C27H43NO2. The van der Waals surface area contributed by atoms with E-state index in [2.05, 4.69) is 39.8 Å². The summed E-state index contributed by atoms with van der Waals surface area (Å²) in [6.45, 7) is 12.1. The van der Waals surface area contributed by atoms with Crippen LogP contribution in [0.5, 0.6) is 0 Å². The van der Waals surface area contributed by atoms with Gasteiger partial charge in [-0.05, 0) is 90.9 Å². The van der Waals surface area contributed by atoms with Gasteiger partial charge >= 0.3 is 0 Å². The van der Waals surface area contributed by atoms with Crippen LogP contribution in [0.15, 0.2) is 16.8 Å². The average molecular weight is 414 g/mol. The Labute approximate surface area is 183 Å². The molecular weight excluding hydrogens is 370 g/mol. The Morgan fingerprint density at radius 3 is 2.57 bits per heavy atom. The van der Waals surface area contributed by atoms with Crippen molar-refractivity contribution < 1.29 is 10.0 Å². The molecule has 0 aromatic carbocycles. The molecule has 1 N–H and O–H groups in total. The highest BCUT2D eigenvalue weighted by molar-refractivity contribution is 6.07. The SMILES string of the molecule is CC(C)CCC[C@@H](C)[C@H]1CC[C@H]2[C@@H]3CC(=O)C4=C/C(=N\O)CC[C@]4(C)[C@H]3CC[C@]12C. The molecule has 0 aliphatic heterocycles. The van der Waals surface area contributed by atoms with Crippen LogP contribution in [0, 0.1) is 46.3 Å². The van der Waals surface area contributed by atoms with E-state index in [0.29, 0.717) is 34.7 Å². The van der Waals surface area contributed by atoms with Gasteiger partial charge in [0.25, 0.3) is 0 Å². The molecule has 0 aromatic heterocycles. The minimum absolute atomic E-state index is 0.0174. The van der Waals surface area contributed by atoms with E-state index in [4.69, 9.17) is 0 Å². The van der Waals surface area contributed by atoms with Crippen LogP contribution in [0.3, 0.4) is 0 Å². The van der Waals surface area contributed by atoms with Crippen LogP contribution >= 0.6 is 0 Å². The van der Waals surface area contributed by atoms with Gasteiger partial charge in [-0.3, -0.25) is 4.79 Å². The molecule has 0 unspecified atom stereocenters. The maximum atomic E-state index is 13.3. The van der Waals surface area contributed by atoms with Crippen molar-refractivity contribution in [1.82, 2.24) is 0 Å². The monoisotopic (exact) mass is 413 g/mol. The summed E-state index contributed by atoms with van der Waals surface area (Å²) in [5.74, 6) is 4.66. The number of oxime groups is 1. The zero-order valence-electron chi connectivity index (χ0n) is 19.9. The van der Waals surface area contributed by atoms with Crippen LogP contribution in [0.2, 0.25) is 0 Å². The van der Waals surface area contributed by atoms with Crippen molar-refractivity contribution in [3.63, 3.8) is 0 Å². The third-order valence-corrected chi connectivity index (χ3v) is 10.1. The van der Waals surface area contributed by atoms with Crippen molar-refractivity contribution in [3.8, 4) is 0 Å². The number of hydrogen-bond acceptors (Lipinski definition) is 3. The maximum absolute atomic E-state index is 13.3. The van der Waals surface area contributed by atoms with E-state index in [1.165, 1.54) is 44.9 Å². The third kappa shape index (κ3) is 3.48. The highest BCUT2D eigenvalue weighted by atomic mass is 16.4. The summed E-state index contributed by atoms with van der Waals surface area (Å²) in [5, 5.41) is 12.7. The number of ketones is 1. The van der Waals surface area contributed by atoms with Crippen LogP contribution in [0.25, 0.3) is 0 Å². The number of carbonyl (C=O) groups excluding carboxylic acids is 1. The van der Waals surface area contributed by atoms with Gasteiger partial charge in [0.1, 0.15) is 0 Å². The van der Waals surface area contributed by atoms with Gasteiger partial charge in [0, 0.05) is 12.0 Å². The fourth-order valence-electron chi connectivity index (χ4n) is 8.50. The topological polar surface area (TPSA) is 49.7 Å². The quantitative estimate of drug-likeness (QED) is 0.388. The van der Waals surface area contributed by atoms with Crippen LogP contribution in [-0.4, -0.2) is 16.7 Å². The highest BCUT2D eigenvalue weighted by Crippen LogP contribution is 2.67. The molecule has 3 fully saturated rings. The number of hydrogen-bond donors (Lipinski definition) is 1. The summed E-state index contributed by atoms with van der Waals surface area (Å²) in [6, 6.07) is 0. The second kappa shape index (κ2) is 8.10. The van der Waals surface area contributed by atoms with Crippen molar-refractivity contribution in [1.29, 1.82) is 0 Å². The number of Topliss-reactive ketones (excluding diaryl/α,β-unsaturated/α-hetero) is 1. The van der Waals surface area contributed by atoms with E-state index in [1.54, 1.807) is 0 Å². The van der Waals surface area contributed by atoms with Gasteiger partial charge in [0.05, 0.1) is 5.71 Å². The van der Waals surface area contributed by atoms with Crippen molar-refractivity contribution in [2.24, 2.45) is 51.5 Å². The molecule has 0 radical (unpaired) electrons. The van der Waals surface area contributed by atoms with Crippen LogP contribution in [0.4, 0.5) is 0 Å². The molecule has 168 valence electrons. The summed E-state index contributed by atoms with van der Waals surface area (Å²) >= 11 is 0. The van der Waals surface area contributed by atoms with Gasteiger partial charge in [-0.25, -0.2) is 0 Å². The number of fused-ring (bicyclic) bond motifs is 5. The first-order valence-corrected chi connectivity index (χ1v) is 12.7. The lowest BCUT2D eigenvalue weighted by Crippen LogP contribution is -2.53. The molecule has 4 aliphatic rings. The lowest BCUT2D eigenvalue weighted by atomic mass is 9.46. The number of nitrogens with zero attached hydrogens (tertiary/aromatic N) is 1. The van der Waals surface area contributed by atoms with E-state index in [9.17, 15) is 10.0 Å². The third-order valence-electron chi connectivity index (χ3n) is 10.1. The number of rotatable bonds is 5. The molecule has 3 saturated carbocycles. The van der Waals surface area contributed by atoms with E-state index < -0.39 is 0 Å². The van der Waals surface area contributed by atoms with Crippen molar-refractivity contribution >= 4 is 11.5 Å². The Hall–Kier alpha value is -1.12.